The van der Waals surface area contributed by atoms with Crippen LogP contribution < -0.4 is 4.90 Å². The third-order valence-electron chi connectivity index (χ3n) is 3.89. The number of nitrogens with zero attached hydrogens (tertiary/aromatic N) is 4. The molecule has 0 aliphatic rings. The first-order valence-electron chi connectivity index (χ1n) is 8.03. The Morgan fingerprint density at radius 1 is 0.846 bits per heavy atom. The van der Waals surface area contributed by atoms with Crippen LogP contribution >= 0.6 is 0 Å². The van der Waals surface area contributed by atoms with Gasteiger partial charge in [-0.3, -0.25) is 0 Å². The number of aromatic nitrogens is 1. The number of hydrogen-bond acceptors (Lipinski definition) is 4. The zero-order valence-corrected chi connectivity index (χ0v) is 13.9. The van der Waals surface area contributed by atoms with Crippen molar-refractivity contribution in [1.82, 2.24) is 4.98 Å². The predicted octanol–water partition coefficient (Wildman–Crippen LogP) is 4.17. The van der Waals surface area contributed by atoms with Gasteiger partial charge in [0, 0.05) is 13.1 Å². The predicted molar refractivity (Wildman–Crippen MR) is 96.4 cm³/mol. The molecule has 0 unspecified atom stereocenters. The molecule has 126 valence electrons. The highest BCUT2D eigenvalue weighted by Gasteiger charge is 2.11. The molecule has 4 nitrogen and oxygen atoms in total. The van der Waals surface area contributed by atoms with E-state index in [9.17, 15) is 4.39 Å². The summed E-state index contributed by atoms with van der Waals surface area (Å²) in [6.45, 7) is 0.962. The van der Waals surface area contributed by atoms with E-state index in [0.717, 1.165) is 11.1 Å². The van der Waals surface area contributed by atoms with Gasteiger partial charge in [0.2, 0.25) is 0 Å². The topological polar surface area (TPSA) is 63.7 Å². The van der Waals surface area contributed by atoms with E-state index in [4.69, 9.17) is 10.5 Å². The average Bonchev–Trinajstić information content (AvgIpc) is 2.68. The molecule has 2 aromatic carbocycles. The lowest BCUT2D eigenvalue weighted by molar-refractivity contribution is 0.624. The highest BCUT2D eigenvalue weighted by Crippen LogP contribution is 2.19. The summed E-state index contributed by atoms with van der Waals surface area (Å²) in [5, 5.41) is 18.0. The number of hydrogen-bond donors (Lipinski definition) is 0. The maximum atomic E-state index is 13.5. The van der Waals surface area contributed by atoms with E-state index in [1.807, 2.05) is 35.2 Å². The number of pyridine rings is 1. The van der Waals surface area contributed by atoms with E-state index in [2.05, 4.69) is 11.1 Å². The summed E-state index contributed by atoms with van der Waals surface area (Å²) in [7, 11) is 0. The number of nitriles is 2. The van der Waals surface area contributed by atoms with Crippen LogP contribution in [-0.2, 0) is 13.1 Å². The molecule has 0 fully saturated rings. The Labute approximate surface area is 151 Å². The Hall–Kier alpha value is -3.70. The highest BCUT2D eigenvalue weighted by molar-refractivity contribution is 5.44. The van der Waals surface area contributed by atoms with Gasteiger partial charge in [-0.15, -0.1) is 0 Å². The second kappa shape index (κ2) is 7.92. The largest absolute Gasteiger partial charge is 0.348 e. The van der Waals surface area contributed by atoms with E-state index < -0.39 is 0 Å². The first-order chi connectivity index (χ1) is 12.7. The zero-order chi connectivity index (χ0) is 18.4. The summed E-state index contributed by atoms with van der Waals surface area (Å²) >= 11 is 0. The van der Waals surface area contributed by atoms with E-state index in [1.54, 1.807) is 30.3 Å². The molecule has 0 atom stereocenters. The smallest absolute Gasteiger partial charge is 0.142 e. The number of rotatable bonds is 5. The third-order valence-corrected chi connectivity index (χ3v) is 3.89. The van der Waals surface area contributed by atoms with Crippen LogP contribution in [0.25, 0.3) is 0 Å². The fraction of sp³-hybridized carbons (Fsp3) is 0.0952. The Kier molecular flexibility index (Phi) is 5.22. The van der Waals surface area contributed by atoms with Gasteiger partial charge in [-0.05, 0) is 47.5 Å². The fourth-order valence-corrected chi connectivity index (χ4v) is 2.64. The molecule has 3 aromatic rings. The standard InChI is InChI=1S/C21H15FN4/c22-19-4-1-3-18(11-19)15-26(21-6-2-5-20(13-24)25-21)14-17-9-7-16(12-23)8-10-17/h1-11H,14-15H2. The summed E-state index contributed by atoms with van der Waals surface area (Å²) in [5.74, 6) is 0.345. The van der Waals surface area contributed by atoms with Gasteiger partial charge in [0.1, 0.15) is 23.4 Å². The Bertz CT molecular complexity index is 984. The second-order valence-electron chi connectivity index (χ2n) is 5.79. The number of benzene rings is 2. The normalized spacial score (nSPS) is 9.96. The number of halogens is 1. The van der Waals surface area contributed by atoms with Crippen LogP contribution in [0.4, 0.5) is 10.2 Å². The molecule has 0 saturated carbocycles. The SMILES string of the molecule is N#Cc1ccc(CN(Cc2cccc(F)c2)c2cccc(C#N)n2)cc1. The van der Waals surface area contributed by atoms with Gasteiger partial charge in [-0.2, -0.15) is 10.5 Å². The van der Waals surface area contributed by atoms with E-state index in [0.29, 0.717) is 30.2 Å². The van der Waals surface area contributed by atoms with Gasteiger partial charge < -0.3 is 4.90 Å². The summed E-state index contributed by atoms with van der Waals surface area (Å²) in [5.41, 5.74) is 2.72. The molecule has 3 rings (SSSR count). The summed E-state index contributed by atoms with van der Waals surface area (Å²) in [4.78, 5) is 6.33. The van der Waals surface area contributed by atoms with Crippen LogP contribution in [0, 0.1) is 28.5 Å². The maximum absolute atomic E-state index is 13.5. The van der Waals surface area contributed by atoms with E-state index in [-0.39, 0.29) is 5.82 Å². The van der Waals surface area contributed by atoms with Crippen LogP contribution in [0.3, 0.4) is 0 Å². The molecule has 0 spiro atoms. The fourth-order valence-electron chi connectivity index (χ4n) is 2.64. The van der Waals surface area contributed by atoms with Gasteiger partial charge in [0.05, 0.1) is 11.6 Å². The molecule has 0 amide bonds. The molecule has 1 heterocycles. The Morgan fingerprint density at radius 3 is 2.27 bits per heavy atom. The Balaban J connectivity index is 1.92. The quantitative estimate of drug-likeness (QED) is 0.698. The third kappa shape index (κ3) is 4.23. The van der Waals surface area contributed by atoms with Crippen LogP contribution in [0.2, 0.25) is 0 Å². The minimum absolute atomic E-state index is 0.292. The van der Waals surface area contributed by atoms with Crippen molar-refractivity contribution < 1.29 is 4.39 Å². The molecular weight excluding hydrogens is 327 g/mol. The highest BCUT2D eigenvalue weighted by atomic mass is 19.1. The minimum atomic E-state index is -0.292. The van der Waals surface area contributed by atoms with Crippen molar-refractivity contribution in [2.75, 3.05) is 4.90 Å². The monoisotopic (exact) mass is 342 g/mol. The summed E-state index contributed by atoms with van der Waals surface area (Å²) in [6, 6.07) is 23.1. The van der Waals surface area contributed by atoms with Crippen LogP contribution in [-0.4, -0.2) is 4.98 Å². The first-order valence-corrected chi connectivity index (χ1v) is 8.03. The van der Waals surface area contributed by atoms with Gasteiger partial charge in [0.25, 0.3) is 0 Å². The molecule has 0 aliphatic carbocycles. The lowest BCUT2D eigenvalue weighted by Gasteiger charge is -2.24. The molecule has 0 radical (unpaired) electrons. The van der Waals surface area contributed by atoms with Crippen LogP contribution in [0.1, 0.15) is 22.4 Å². The van der Waals surface area contributed by atoms with E-state index >= 15 is 0 Å². The molecule has 0 aliphatic heterocycles. The maximum Gasteiger partial charge on any atom is 0.142 e. The Morgan fingerprint density at radius 2 is 1.58 bits per heavy atom. The summed E-state index contributed by atoms with van der Waals surface area (Å²) < 4.78 is 13.5. The van der Waals surface area contributed by atoms with Gasteiger partial charge in [0.15, 0.2) is 0 Å². The molecule has 0 bridgehead atoms. The first kappa shape index (κ1) is 17.1. The van der Waals surface area contributed by atoms with Crippen molar-refractivity contribution >= 4 is 5.82 Å². The van der Waals surface area contributed by atoms with E-state index in [1.165, 1.54) is 12.1 Å². The van der Waals surface area contributed by atoms with Crippen molar-refractivity contribution in [1.29, 1.82) is 10.5 Å². The molecule has 26 heavy (non-hydrogen) atoms. The molecule has 0 N–H and O–H groups in total. The summed E-state index contributed by atoms with van der Waals surface area (Å²) in [6.07, 6.45) is 0. The minimum Gasteiger partial charge on any atom is -0.348 e. The number of anilines is 1. The van der Waals surface area contributed by atoms with Crippen LogP contribution in [0.15, 0.2) is 66.7 Å². The van der Waals surface area contributed by atoms with Gasteiger partial charge >= 0.3 is 0 Å². The van der Waals surface area contributed by atoms with Crippen molar-refractivity contribution in [3.8, 4) is 12.1 Å². The van der Waals surface area contributed by atoms with Gasteiger partial charge in [-0.1, -0.05) is 30.3 Å². The van der Waals surface area contributed by atoms with Crippen molar-refractivity contribution in [3.63, 3.8) is 0 Å². The molecular formula is C21H15FN4. The van der Waals surface area contributed by atoms with Crippen molar-refractivity contribution in [3.05, 3.63) is 94.9 Å². The van der Waals surface area contributed by atoms with Gasteiger partial charge in [-0.25, -0.2) is 9.37 Å². The zero-order valence-electron chi connectivity index (χ0n) is 13.9. The molecule has 0 saturated heterocycles. The lowest BCUT2D eigenvalue weighted by atomic mass is 10.1. The van der Waals surface area contributed by atoms with Crippen molar-refractivity contribution in [2.45, 2.75) is 13.1 Å². The molecule has 5 heteroatoms. The van der Waals surface area contributed by atoms with Crippen LogP contribution in [0.5, 0.6) is 0 Å². The van der Waals surface area contributed by atoms with Crippen molar-refractivity contribution in [2.24, 2.45) is 0 Å². The second-order valence-corrected chi connectivity index (χ2v) is 5.79. The lowest BCUT2D eigenvalue weighted by Crippen LogP contribution is -2.23. The molecule has 1 aromatic heterocycles. The average molecular weight is 342 g/mol.